The van der Waals surface area contributed by atoms with Crippen molar-refractivity contribution in [3.8, 4) is 0 Å². The van der Waals surface area contributed by atoms with Gasteiger partial charge in [0.05, 0.1) is 0 Å². The molecule has 8 heteroatoms. The molecule has 0 bridgehead atoms. The molecule has 0 aromatic carbocycles. The molecule has 0 fully saturated rings. The van der Waals surface area contributed by atoms with Crippen LogP contribution >= 0.6 is 0 Å². The number of hydrogen-bond donors (Lipinski definition) is 0. The SMILES string of the molecule is CCCCO[Si](C)(OCCCC)OCCCC.CCCCO[Si](C)(OCCCC)OCCCC. The van der Waals surface area contributed by atoms with Crippen LogP contribution in [0.15, 0.2) is 0 Å². The van der Waals surface area contributed by atoms with Crippen molar-refractivity contribution in [2.24, 2.45) is 0 Å². The molecule has 0 heterocycles. The van der Waals surface area contributed by atoms with Crippen LogP contribution in [0.25, 0.3) is 0 Å². The van der Waals surface area contributed by atoms with Crippen LogP contribution in [0, 0.1) is 0 Å². The van der Waals surface area contributed by atoms with Crippen LogP contribution in [-0.2, 0) is 26.6 Å². The third kappa shape index (κ3) is 23.9. The van der Waals surface area contributed by atoms with E-state index >= 15 is 0 Å². The number of unbranched alkanes of at least 4 members (excludes halogenated alkanes) is 6. The lowest BCUT2D eigenvalue weighted by Crippen LogP contribution is -2.43. The molecule has 0 aromatic heterocycles. The first-order chi connectivity index (χ1) is 16.4. The molecule has 0 saturated carbocycles. The maximum Gasteiger partial charge on any atom is 0.497 e. The molecule has 0 aliphatic heterocycles. The highest BCUT2D eigenvalue weighted by molar-refractivity contribution is 6.59. The summed E-state index contributed by atoms with van der Waals surface area (Å²) in [5.74, 6) is 0. The smallest absolute Gasteiger partial charge is 0.374 e. The van der Waals surface area contributed by atoms with E-state index in [0.29, 0.717) is 0 Å². The van der Waals surface area contributed by atoms with Crippen LogP contribution in [0.3, 0.4) is 0 Å². The van der Waals surface area contributed by atoms with E-state index in [0.717, 1.165) is 117 Å². The van der Waals surface area contributed by atoms with Crippen LogP contribution in [0.2, 0.25) is 13.1 Å². The van der Waals surface area contributed by atoms with Gasteiger partial charge in [0.25, 0.3) is 0 Å². The molecular formula is C26H60O6Si2. The largest absolute Gasteiger partial charge is 0.497 e. The van der Waals surface area contributed by atoms with Crippen molar-refractivity contribution in [2.45, 2.75) is 132 Å². The highest BCUT2D eigenvalue weighted by atomic mass is 28.4. The number of rotatable bonds is 24. The van der Waals surface area contributed by atoms with Crippen molar-refractivity contribution in [1.82, 2.24) is 0 Å². The third-order valence-electron chi connectivity index (χ3n) is 5.17. The molecule has 0 rings (SSSR count). The normalized spacial score (nSPS) is 12.0. The number of hydrogen-bond acceptors (Lipinski definition) is 6. The minimum atomic E-state index is -2.36. The molecule has 0 spiro atoms. The minimum absolute atomic E-state index is 0.761. The summed E-state index contributed by atoms with van der Waals surface area (Å²) in [5, 5.41) is 0. The Kier molecular flexibility index (Phi) is 28.1. The van der Waals surface area contributed by atoms with Gasteiger partial charge in [0.15, 0.2) is 0 Å². The molecule has 208 valence electrons. The van der Waals surface area contributed by atoms with E-state index in [1.807, 2.05) is 13.1 Å². The Balaban J connectivity index is 0. The topological polar surface area (TPSA) is 55.4 Å². The molecule has 0 radical (unpaired) electrons. The summed E-state index contributed by atoms with van der Waals surface area (Å²) in [7, 11) is -4.72. The zero-order chi connectivity index (χ0) is 26.0. The van der Waals surface area contributed by atoms with E-state index in [9.17, 15) is 0 Å². The van der Waals surface area contributed by atoms with Crippen molar-refractivity contribution >= 4 is 17.6 Å². The Labute approximate surface area is 215 Å². The summed E-state index contributed by atoms with van der Waals surface area (Å²) in [6.07, 6.45) is 13.4. The van der Waals surface area contributed by atoms with Crippen LogP contribution in [-0.4, -0.2) is 57.3 Å². The molecule has 0 aliphatic rings. The average Bonchev–Trinajstić information content (AvgIpc) is 2.81. The molecule has 0 atom stereocenters. The van der Waals surface area contributed by atoms with Crippen LogP contribution in [0.4, 0.5) is 0 Å². The highest BCUT2D eigenvalue weighted by Gasteiger charge is 2.35. The van der Waals surface area contributed by atoms with Gasteiger partial charge in [0.1, 0.15) is 0 Å². The summed E-state index contributed by atoms with van der Waals surface area (Å²) in [6.45, 7) is 21.6. The lowest BCUT2D eigenvalue weighted by molar-refractivity contribution is 0.0620. The predicted molar refractivity (Wildman–Crippen MR) is 148 cm³/mol. The monoisotopic (exact) mass is 524 g/mol. The second kappa shape index (κ2) is 26.3. The summed E-state index contributed by atoms with van der Waals surface area (Å²) < 4.78 is 35.1. The van der Waals surface area contributed by atoms with Crippen LogP contribution in [0.5, 0.6) is 0 Å². The van der Waals surface area contributed by atoms with Crippen molar-refractivity contribution in [2.75, 3.05) is 39.6 Å². The molecule has 0 saturated heterocycles. The summed E-state index contributed by atoms with van der Waals surface area (Å²) in [4.78, 5) is 0. The molecule has 0 unspecified atom stereocenters. The van der Waals surface area contributed by atoms with Crippen molar-refractivity contribution < 1.29 is 26.6 Å². The fourth-order valence-corrected chi connectivity index (χ4v) is 6.25. The molecule has 34 heavy (non-hydrogen) atoms. The fraction of sp³-hybridized carbons (Fsp3) is 1.00. The first-order valence-corrected chi connectivity index (χ1v) is 18.6. The van der Waals surface area contributed by atoms with Gasteiger partial charge in [-0.3, -0.25) is 0 Å². The lowest BCUT2D eigenvalue weighted by atomic mass is 10.4. The van der Waals surface area contributed by atoms with Crippen molar-refractivity contribution in [1.29, 1.82) is 0 Å². The van der Waals surface area contributed by atoms with Gasteiger partial charge in [-0.2, -0.15) is 0 Å². The summed E-state index contributed by atoms with van der Waals surface area (Å²) in [5.41, 5.74) is 0. The quantitative estimate of drug-likeness (QED) is 0.0941. The van der Waals surface area contributed by atoms with E-state index in [1.165, 1.54) is 0 Å². The van der Waals surface area contributed by atoms with E-state index < -0.39 is 17.6 Å². The van der Waals surface area contributed by atoms with Crippen molar-refractivity contribution in [3.05, 3.63) is 0 Å². The summed E-state index contributed by atoms with van der Waals surface area (Å²) in [6, 6.07) is 0. The van der Waals surface area contributed by atoms with Crippen LogP contribution < -0.4 is 0 Å². The Bertz CT molecular complexity index is 312. The van der Waals surface area contributed by atoms with Crippen molar-refractivity contribution in [3.63, 3.8) is 0 Å². The summed E-state index contributed by atoms with van der Waals surface area (Å²) >= 11 is 0. The van der Waals surface area contributed by atoms with Gasteiger partial charge >= 0.3 is 17.6 Å². The Hall–Kier alpha value is 0.194. The average molecular weight is 525 g/mol. The zero-order valence-corrected chi connectivity index (χ0v) is 26.2. The first-order valence-electron chi connectivity index (χ1n) is 14.2. The minimum Gasteiger partial charge on any atom is -0.374 e. The maximum absolute atomic E-state index is 5.86. The standard InChI is InChI=1S/2C13H30O3Si/c2*1-5-8-11-14-17(4,15-12-9-6-2)16-13-10-7-3/h2*5-13H2,1-4H3. The molecule has 0 aliphatic carbocycles. The second-order valence-corrected chi connectivity index (χ2v) is 14.1. The van der Waals surface area contributed by atoms with E-state index in [1.54, 1.807) is 0 Å². The highest BCUT2D eigenvalue weighted by Crippen LogP contribution is 2.13. The third-order valence-corrected chi connectivity index (χ3v) is 9.54. The van der Waals surface area contributed by atoms with E-state index in [-0.39, 0.29) is 0 Å². The second-order valence-electron chi connectivity index (χ2n) is 8.94. The first kappa shape index (κ1) is 36.4. The van der Waals surface area contributed by atoms with Gasteiger partial charge < -0.3 is 26.6 Å². The molecular weight excluding hydrogens is 464 g/mol. The maximum atomic E-state index is 5.86. The van der Waals surface area contributed by atoms with Crippen LogP contribution in [0.1, 0.15) is 119 Å². The van der Waals surface area contributed by atoms with Gasteiger partial charge in [0.2, 0.25) is 0 Å². The fourth-order valence-electron chi connectivity index (χ4n) is 2.66. The van der Waals surface area contributed by atoms with E-state index in [4.69, 9.17) is 26.6 Å². The van der Waals surface area contributed by atoms with Gasteiger partial charge in [-0.15, -0.1) is 0 Å². The van der Waals surface area contributed by atoms with Gasteiger partial charge in [-0.25, -0.2) is 0 Å². The molecule has 0 N–H and O–H groups in total. The van der Waals surface area contributed by atoms with Gasteiger partial charge in [-0.05, 0) is 38.5 Å². The molecule has 0 amide bonds. The Morgan fingerprint density at radius 3 is 0.588 bits per heavy atom. The van der Waals surface area contributed by atoms with Gasteiger partial charge in [-0.1, -0.05) is 80.1 Å². The molecule has 6 nitrogen and oxygen atoms in total. The zero-order valence-electron chi connectivity index (χ0n) is 24.2. The predicted octanol–water partition coefficient (Wildman–Crippen LogP) is 8.01. The molecule has 0 aromatic rings. The van der Waals surface area contributed by atoms with E-state index in [2.05, 4.69) is 41.5 Å². The van der Waals surface area contributed by atoms with Gasteiger partial charge in [0, 0.05) is 52.7 Å². The Morgan fingerprint density at radius 2 is 0.471 bits per heavy atom. The Morgan fingerprint density at radius 1 is 0.324 bits per heavy atom. The lowest BCUT2D eigenvalue weighted by Gasteiger charge is -2.26.